The second kappa shape index (κ2) is 13.1. The number of aryl methyl sites for hydroxylation is 2. The Balaban J connectivity index is 0.000000587. The molecular formula is C29H31F3N2O6S. The number of carboxylic acid groups (broad SMARTS) is 2. The maximum atomic E-state index is 12.9. The van der Waals surface area contributed by atoms with Crippen molar-refractivity contribution in [1.82, 2.24) is 0 Å². The summed E-state index contributed by atoms with van der Waals surface area (Å²) >= 11 is 0. The van der Waals surface area contributed by atoms with Crippen LogP contribution in [-0.4, -0.2) is 49.8 Å². The Bertz CT molecular complexity index is 1490. The minimum Gasteiger partial charge on any atom is -0.478 e. The van der Waals surface area contributed by atoms with E-state index in [0.717, 1.165) is 37.9 Å². The van der Waals surface area contributed by atoms with Gasteiger partial charge in [0.2, 0.25) is 0 Å². The molecule has 1 aliphatic heterocycles. The van der Waals surface area contributed by atoms with E-state index >= 15 is 0 Å². The lowest BCUT2D eigenvalue weighted by Crippen LogP contribution is -2.35. The van der Waals surface area contributed by atoms with Gasteiger partial charge in [-0.3, -0.25) is 4.72 Å². The summed E-state index contributed by atoms with van der Waals surface area (Å²) in [6.45, 7) is 5.19. The van der Waals surface area contributed by atoms with E-state index in [1.165, 1.54) is 11.6 Å². The van der Waals surface area contributed by atoms with Crippen molar-refractivity contribution >= 4 is 33.3 Å². The monoisotopic (exact) mass is 592 g/mol. The highest BCUT2D eigenvalue weighted by Gasteiger charge is 2.38. The summed E-state index contributed by atoms with van der Waals surface area (Å²) < 4.78 is 60.1. The van der Waals surface area contributed by atoms with E-state index in [4.69, 9.17) is 9.90 Å². The zero-order chi connectivity index (χ0) is 30.4. The van der Waals surface area contributed by atoms with Crippen molar-refractivity contribution in [3.05, 3.63) is 89.0 Å². The molecule has 0 amide bonds. The van der Waals surface area contributed by atoms with Crippen LogP contribution in [-0.2, 0) is 21.2 Å². The van der Waals surface area contributed by atoms with Crippen LogP contribution >= 0.6 is 0 Å². The van der Waals surface area contributed by atoms with Gasteiger partial charge in [0, 0.05) is 18.8 Å². The number of piperidine rings is 1. The van der Waals surface area contributed by atoms with Crippen LogP contribution in [0.15, 0.2) is 71.6 Å². The Morgan fingerprint density at radius 2 is 1.56 bits per heavy atom. The molecule has 1 aliphatic rings. The smallest absolute Gasteiger partial charge is 0.478 e. The van der Waals surface area contributed by atoms with Gasteiger partial charge in [0.1, 0.15) is 0 Å². The molecule has 0 bridgehead atoms. The zero-order valence-corrected chi connectivity index (χ0v) is 23.3. The van der Waals surface area contributed by atoms with Crippen LogP contribution in [0.1, 0.15) is 39.9 Å². The molecule has 3 aromatic carbocycles. The van der Waals surface area contributed by atoms with Crippen LogP contribution in [0, 0.1) is 19.8 Å². The summed E-state index contributed by atoms with van der Waals surface area (Å²) in [5.74, 6) is -3.27. The fourth-order valence-electron chi connectivity index (χ4n) is 4.68. The Labute approximate surface area is 236 Å². The third-order valence-corrected chi connectivity index (χ3v) is 8.21. The van der Waals surface area contributed by atoms with Gasteiger partial charge in [-0.1, -0.05) is 48.0 Å². The maximum absolute atomic E-state index is 12.9. The number of hydrogen-bond acceptors (Lipinski definition) is 5. The number of halogens is 3. The lowest BCUT2D eigenvalue weighted by Gasteiger charge is -2.34. The van der Waals surface area contributed by atoms with Gasteiger partial charge in [-0.05, 0) is 74.4 Å². The molecular weight excluding hydrogens is 561 g/mol. The Morgan fingerprint density at radius 1 is 0.951 bits per heavy atom. The molecule has 3 N–H and O–H groups in total. The highest BCUT2D eigenvalue weighted by atomic mass is 32.2. The van der Waals surface area contributed by atoms with Gasteiger partial charge in [-0.25, -0.2) is 18.0 Å². The second-order valence-electron chi connectivity index (χ2n) is 9.83. The summed E-state index contributed by atoms with van der Waals surface area (Å²) in [6, 6.07) is 20.3. The molecule has 8 nitrogen and oxygen atoms in total. The van der Waals surface area contributed by atoms with Crippen molar-refractivity contribution in [1.29, 1.82) is 0 Å². The number of nitrogens with one attached hydrogen (secondary N) is 1. The van der Waals surface area contributed by atoms with Crippen LogP contribution in [0.5, 0.6) is 0 Å². The van der Waals surface area contributed by atoms with Crippen molar-refractivity contribution in [2.24, 2.45) is 5.92 Å². The lowest BCUT2D eigenvalue weighted by molar-refractivity contribution is -0.192. The number of alkyl halides is 3. The van der Waals surface area contributed by atoms with Gasteiger partial charge in [0.05, 0.1) is 16.1 Å². The van der Waals surface area contributed by atoms with Crippen LogP contribution in [0.3, 0.4) is 0 Å². The number of aliphatic carboxylic acids is 1. The number of sulfonamides is 1. The second-order valence-corrected chi connectivity index (χ2v) is 11.5. The first kappa shape index (κ1) is 31.5. The van der Waals surface area contributed by atoms with Crippen LogP contribution in [0.25, 0.3) is 0 Å². The molecule has 0 aromatic heterocycles. The predicted octanol–water partition coefficient (Wildman–Crippen LogP) is 5.89. The summed E-state index contributed by atoms with van der Waals surface area (Å²) in [7, 11) is -3.83. The average molecular weight is 593 g/mol. The minimum absolute atomic E-state index is 0.0994. The Morgan fingerprint density at radius 3 is 2.10 bits per heavy atom. The minimum atomic E-state index is -5.08. The topological polar surface area (TPSA) is 124 Å². The van der Waals surface area contributed by atoms with Crippen LogP contribution < -0.4 is 9.62 Å². The average Bonchev–Trinajstić information content (AvgIpc) is 2.89. The third-order valence-electron chi connectivity index (χ3n) is 6.66. The SMILES string of the molecule is Cc1ccc(S(=O)(=O)Nc2ccc(N3CCC(Cc4ccccc4)CC3)c(C(=O)O)c2)c(C)c1.O=C(O)C(F)(F)F. The lowest BCUT2D eigenvalue weighted by atomic mass is 9.90. The molecule has 1 heterocycles. The van der Waals surface area contributed by atoms with Gasteiger partial charge in [0.15, 0.2) is 0 Å². The standard InChI is InChI=1S/C27H30N2O4S.C2HF3O2/c1-19-8-11-26(20(2)16-19)34(32,33)28-23-9-10-25(24(18-23)27(30)31)29-14-12-22(13-15-29)17-21-6-4-3-5-7-21;3-2(4,5)1(6)7/h3-11,16,18,22,28H,12-15,17H2,1-2H3,(H,30,31);(H,6,7). The molecule has 220 valence electrons. The summed E-state index contributed by atoms with van der Waals surface area (Å²) in [5, 5.41) is 17.0. The highest BCUT2D eigenvalue weighted by molar-refractivity contribution is 7.92. The highest BCUT2D eigenvalue weighted by Crippen LogP contribution is 2.31. The van der Waals surface area contributed by atoms with E-state index in [-0.39, 0.29) is 16.1 Å². The van der Waals surface area contributed by atoms with E-state index in [1.807, 2.05) is 19.1 Å². The molecule has 0 aliphatic carbocycles. The number of rotatable bonds is 7. The quantitative estimate of drug-likeness (QED) is 0.312. The molecule has 12 heteroatoms. The molecule has 0 spiro atoms. The van der Waals surface area contributed by atoms with Crippen molar-refractivity contribution in [3.63, 3.8) is 0 Å². The van der Waals surface area contributed by atoms with Crippen molar-refractivity contribution in [2.75, 3.05) is 22.7 Å². The zero-order valence-electron chi connectivity index (χ0n) is 22.5. The number of anilines is 2. The van der Waals surface area contributed by atoms with Crippen molar-refractivity contribution in [3.8, 4) is 0 Å². The molecule has 41 heavy (non-hydrogen) atoms. The van der Waals surface area contributed by atoms with Gasteiger partial charge >= 0.3 is 18.1 Å². The fraction of sp³-hybridized carbons (Fsp3) is 0.310. The molecule has 3 aromatic rings. The van der Waals surface area contributed by atoms with Crippen molar-refractivity contribution in [2.45, 2.75) is 44.2 Å². The number of nitrogens with zero attached hydrogens (tertiary/aromatic N) is 1. The fourth-order valence-corrected chi connectivity index (χ4v) is 5.96. The van der Waals surface area contributed by atoms with Gasteiger partial charge in [-0.15, -0.1) is 0 Å². The molecule has 0 radical (unpaired) electrons. The first-order valence-electron chi connectivity index (χ1n) is 12.7. The Kier molecular flexibility index (Phi) is 10.0. The van der Waals surface area contributed by atoms with Gasteiger partial charge in [-0.2, -0.15) is 13.2 Å². The first-order valence-corrected chi connectivity index (χ1v) is 14.2. The first-order chi connectivity index (χ1) is 19.2. The summed E-state index contributed by atoms with van der Waals surface area (Å²) in [6.07, 6.45) is -2.09. The molecule has 1 saturated heterocycles. The van der Waals surface area contributed by atoms with E-state index in [0.29, 0.717) is 17.2 Å². The number of carboxylic acids is 2. The van der Waals surface area contributed by atoms with Crippen molar-refractivity contribution < 1.29 is 41.4 Å². The molecule has 0 saturated carbocycles. The van der Waals surface area contributed by atoms with Gasteiger partial charge < -0.3 is 15.1 Å². The Hall–Kier alpha value is -4.06. The number of aromatic carboxylic acids is 1. The summed E-state index contributed by atoms with van der Waals surface area (Å²) in [4.78, 5) is 23.2. The van der Waals surface area contributed by atoms with E-state index in [2.05, 4.69) is 33.9 Å². The molecule has 0 unspecified atom stereocenters. The summed E-state index contributed by atoms with van der Waals surface area (Å²) in [5.41, 5.74) is 3.90. The normalized spacial score (nSPS) is 14.1. The largest absolute Gasteiger partial charge is 0.490 e. The van der Waals surface area contributed by atoms with Crippen LogP contribution in [0.2, 0.25) is 0 Å². The predicted molar refractivity (Wildman–Crippen MR) is 149 cm³/mol. The van der Waals surface area contributed by atoms with E-state index in [1.54, 1.807) is 31.2 Å². The van der Waals surface area contributed by atoms with Gasteiger partial charge in [0.25, 0.3) is 10.0 Å². The third kappa shape index (κ3) is 8.71. The van der Waals surface area contributed by atoms with E-state index < -0.39 is 28.1 Å². The molecule has 1 fully saturated rings. The van der Waals surface area contributed by atoms with Crippen LogP contribution in [0.4, 0.5) is 24.5 Å². The number of carbonyl (C=O) groups is 2. The maximum Gasteiger partial charge on any atom is 0.490 e. The number of benzene rings is 3. The van der Waals surface area contributed by atoms with E-state index in [9.17, 15) is 31.5 Å². The number of hydrogen-bond donors (Lipinski definition) is 3. The molecule has 4 rings (SSSR count). The molecule has 0 atom stereocenters.